The van der Waals surface area contributed by atoms with E-state index in [9.17, 15) is 23.9 Å². The molecule has 0 unspecified atom stereocenters. The van der Waals surface area contributed by atoms with E-state index in [-0.39, 0.29) is 35.5 Å². The number of aromatic nitrogens is 2. The zero-order valence-corrected chi connectivity index (χ0v) is 19.9. The Hall–Kier alpha value is -3.31. The number of nitrogens with zero attached hydrogens (tertiary/aromatic N) is 3. The number of aliphatic hydroxyl groups is 1. The van der Waals surface area contributed by atoms with Crippen LogP contribution in [0.2, 0.25) is 0 Å². The third-order valence-corrected chi connectivity index (χ3v) is 6.90. The summed E-state index contributed by atoms with van der Waals surface area (Å²) in [6.45, 7) is 0.694. The second-order valence-corrected chi connectivity index (χ2v) is 9.76. The summed E-state index contributed by atoms with van der Waals surface area (Å²) < 4.78 is 32.8. The van der Waals surface area contributed by atoms with Crippen LogP contribution in [0.1, 0.15) is 69.3 Å². The third kappa shape index (κ3) is 5.20. The molecule has 1 heterocycles. The lowest BCUT2D eigenvalue weighted by molar-refractivity contribution is -0.123. The van der Waals surface area contributed by atoms with Crippen molar-refractivity contribution in [2.75, 3.05) is 0 Å². The van der Waals surface area contributed by atoms with E-state index in [2.05, 4.69) is 11.9 Å². The molecule has 3 aromatic rings. The number of halogens is 2. The van der Waals surface area contributed by atoms with Gasteiger partial charge in [-0.1, -0.05) is 30.3 Å². The number of fused-ring (bicyclic) bond motifs is 1. The van der Waals surface area contributed by atoms with Crippen molar-refractivity contribution in [2.45, 2.75) is 76.5 Å². The number of imidazole rings is 1. The number of alkyl halides is 2. The fourth-order valence-corrected chi connectivity index (χ4v) is 4.94. The fourth-order valence-electron chi connectivity index (χ4n) is 4.94. The van der Waals surface area contributed by atoms with E-state index in [1.54, 1.807) is 25.1 Å². The lowest BCUT2D eigenvalue weighted by Crippen LogP contribution is -2.38. The van der Waals surface area contributed by atoms with Crippen molar-refractivity contribution in [1.29, 1.82) is 5.26 Å². The molecule has 35 heavy (non-hydrogen) atoms. The fraction of sp³-hybridized carbons (Fsp3) is 0.444. The summed E-state index contributed by atoms with van der Waals surface area (Å²) >= 11 is 0. The molecule has 2 aromatic carbocycles. The molecule has 0 bridgehead atoms. The van der Waals surface area contributed by atoms with Crippen molar-refractivity contribution >= 4 is 16.8 Å². The Balaban J connectivity index is 1.56. The molecule has 4 rings (SSSR count). The van der Waals surface area contributed by atoms with Crippen LogP contribution in [-0.2, 0) is 22.4 Å². The van der Waals surface area contributed by atoms with Crippen LogP contribution in [0.5, 0.6) is 5.75 Å². The topological polar surface area (TPSA) is 88.1 Å². The normalized spacial score (nSPS) is 16.5. The van der Waals surface area contributed by atoms with E-state index in [0.29, 0.717) is 35.3 Å². The van der Waals surface area contributed by atoms with Crippen molar-refractivity contribution in [3.63, 3.8) is 0 Å². The van der Waals surface area contributed by atoms with Crippen LogP contribution in [0.15, 0.2) is 42.5 Å². The molecule has 1 N–H and O–H groups in total. The number of ether oxygens (including phenoxy) is 1. The predicted molar refractivity (Wildman–Crippen MR) is 127 cm³/mol. The molecule has 0 radical (unpaired) electrons. The van der Waals surface area contributed by atoms with Gasteiger partial charge < -0.3 is 14.4 Å². The van der Waals surface area contributed by atoms with Crippen LogP contribution in [0.25, 0.3) is 11.0 Å². The molecule has 1 atom stereocenters. The maximum absolute atomic E-state index is 13.1. The first-order valence-corrected chi connectivity index (χ1v) is 11.8. The van der Waals surface area contributed by atoms with Crippen molar-refractivity contribution in [1.82, 2.24) is 9.55 Å². The maximum Gasteiger partial charge on any atom is 0.387 e. The Bertz CT molecular complexity index is 1260. The minimum Gasteiger partial charge on any atom is -0.432 e. The van der Waals surface area contributed by atoms with Crippen LogP contribution in [0.3, 0.4) is 0 Å². The SMILES string of the molecule is CC1(n2c(CCCC(=O)C[C@@](C)(O)c3ccccc3)nc3c(OC(F)F)cc(C#N)cc32)CCC1. The first-order chi connectivity index (χ1) is 16.6. The van der Waals surface area contributed by atoms with E-state index < -0.39 is 12.2 Å². The highest BCUT2D eigenvalue weighted by molar-refractivity contribution is 5.85. The summed E-state index contributed by atoms with van der Waals surface area (Å²) in [6.07, 6.45) is 4.08. The average Bonchev–Trinajstić information content (AvgIpc) is 3.16. The predicted octanol–water partition coefficient (Wildman–Crippen LogP) is 5.60. The van der Waals surface area contributed by atoms with E-state index >= 15 is 0 Å². The number of rotatable bonds is 10. The maximum atomic E-state index is 13.1. The van der Waals surface area contributed by atoms with Gasteiger partial charge in [0.2, 0.25) is 0 Å². The molecule has 0 spiro atoms. The van der Waals surface area contributed by atoms with Gasteiger partial charge in [0.05, 0.1) is 22.8 Å². The highest BCUT2D eigenvalue weighted by atomic mass is 19.3. The van der Waals surface area contributed by atoms with Crippen LogP contribution < -0.4 is 4.74 Å². The number of aryl methyl sites for hydroxylation is 1. The molecule has 0 amide bonds. The van der Waals surface area contributed by atoms with Crippen LogP contribution in [-0.4, -0.2) is 27.1 Å². The van der Waals surface area contributed by atoms with Crippen LogP contribution >= 0.6 is 0 Å². The van der Waals surface area contributed by atoms with Crippen molar-refractivity contribution in [3.05, 3.63) is 59.4 Å². The summed E-state index contributed by atoms with van der Waals surface area (Å²) in [5.74, 6) is 0.496. The van der Waals surface area contributed by atoms with Crippen molar-refractivity contribution < 1.29 is 23.4 Å². The van der Waals surface area contributed by atoms with Crippen molar-refractivity contribution in [2.24, 2.45) is 0 Å². The molecule has 184 valence electrons. The summed E-state index contributed by atoms with van der Waals surface area (Å²) in [6, 6.07) is 14.1. The first-order valence-electron chi connectivity index (χ1n) is 11.8. The minimum atomic E-state index is -3.03. The van der Waals surface area contributed by atoms with E-state index in [1.807, 2.05) is 28.8 Å². The molecule has 1 saturated carbocycles. The zero-order chi connectivity index (χ0) is 25.2. The Morgan fingerprint density at radius 1 is 1.31 bits per heavy atom. The van der Waals surface area contributed by atoms with Gasteiger partial charge in [0.25, 0.3) is 0 Å². The lowest BCUT2D eigenvalue weighted by atomic mass is 9.78. The van der Waals surface area contributed by atoms with Gasteiger partial charge in [0, 0.05) is 30.9 Å². The molecule has 6 nitrogen and oxygen atoms in total. The second kappa shape index (κ2) is 9.74. The molecule has 8 heteroatoms. The summed E-state index contributed by atoms with van der Waals surface area (Å²) in [4.78, 5) is 17.3. The number of carbonyl (C=O) groups is 1. The van der Waals surface area contributed by atoms with Gasteiger partial charge in [-0.3, -0.25) is 4.79 Å². The molecule has 1 aromatic heterocycles. The number of benzene rings is 2. The third-order valence-electron chi connectivity index (χ3n) is 6.90. The highest BCUT2D eigenvalue weighted by Gasteiger charge is 2.37. The summed E-state index contributed by atoms with van der Waals surface area (Å²) in [7, 11) is 0. The van der Waals surface area contributed by atoms with E-state index in [0.717, 1.165) is 19.3 Å². The van der Waals surface area contributed by atoms with Gasteiger partial charge in [-0.05, 0) is 51.2 Å². The first kappa shape index (κ1) is 24.8. The molecular weight excluding hydrogens is 452 g/mol. The van der Waals surface area contributed by atoms with Crippen molar-refractivity contribution in [3.8, 4) is 11.8 Å². The monoisotopic (exact) mass is 481 g/mol. The van der Waals surface area contributed by atoms with Gasteiger partial charge in [-0.25, -0.2) is 4.98 Å². The van der Waals surface area contributed by atoms with Crippen LogP contribution in [0.4, 0.5) is 8.78 Å². The van der Waals surface area contributed by atoms with E-state index in [1.165, 1.54) is 6.07 Å². The van der Waals surface area contributed by atoms with Crippen LogP contribution in [0, 0.1) is 11.3 Å². The Kier molecular flexibility index (Phi) is 6.91. The van der Waals surface area contributed by atoms with Gasteiger partial charge in [-0.15, -0.1) is 0 Å². The molecule has 1 aliphatic rings. The molecule has 1 aliphatic carbocycles. The summed E-state index contributed by atoms with van der Waals surface area (Å²) in [5, 5.41) is 20.2. The largest absolute Gasteiger partial charge is 0.432 e. The molecule has 0 aliphatic heterocycles. The Morgan fingerprint density at radius 2 is 2.03 bits per heavy atom. The standard InChI is InChI=1S/C27H29F2N3O3/c1-26(12-7-13-26)32-21-14-18(17-30)15-22(35-25(28)29)24(21)31-23(32)11-6-10-20(33)16-27(2,34)19-8-4-3-5-9-19/h3-5,8-9,14-15,25,34H,6-7,10-13,16H2,1-2H3/t27-/m1/s1. The van der Waals surface area contributed by atoms with E-state index in [4.69, 9.17) is 4.74 Å². The Labute approximate surface area is 203 Å². The summed E-state index contributed by atoms with van der Waals surface area (Å²) in [5.41, 5.74) is 0.317. The zero-order valence-electron chi connectivity index (χ0n) is 19.9. The average molecular weight is 482 g/mol. The quantitative estimate of drug-likeness (QED) is 0.407. The number of ketones is 1. The molecule has 1 fully saturated rings. The molecule has 0 saturated heterocycles. The lowest BCUT2D eigenvalue weighted by Gasteiger charge is -2.41. The second-order valence-electron chi connectivity index (χ2n) is 9.76. The van der Waals surface area contributed by atoms with Gasteiger partial charge >= 0.3 is 6.61 Å². The van der Waals surface area contributed by atoms with Gasteiger partial charge in [0.15, 0.2) is 5.75 Å². The minimum absolute atomic E-state index is 0.00303. The highest BCUT2D eigenvalue weighted by Crippen LogP contribution is 2.43. The Morgan fingerprint density at radius 3 is 2.63 bits per heavy atom. The number of carbonyl (C=O) groups excluding carboxylic acids is 1. The number of hydrogen-bond donors (Lipinski definition) is 1. The number of nitriles is 1. The number of Topliss-reactive ketones (excluding diaryl/α,β-unsaturated/α-hetero) is 1. The number of hydrogen-bond acceptors (Lipinski definition) is 5. The smallest absolute Gasteiger partial charge is 0.387 e. The molecular formula is C27H29F2N3O3. The van der Waals surface area contributed by atoms with Gasteiger partial charge in [-0.2, -0.15) is 14.0 Å². The van der Waals surface area contributed by atoms with Gasteiger partial charge in [0.1, 0.15) is 17.1 Å².